The van der Waals surface area contributed by atoms with Crippen molar-refractivity contribution in [2.45, 2.75) is 77.9 Å². The molecule has 0 atom stereocenters. The fraction of sp³-hybridized carbons (Fsp3) is 0.706. The predicted octanol–water partition coefficient (Wildman–Crippen LogP) is 2.70. The first-order valence-electron chi connectivity index (χ1n) is 7.64. The Morgan fingerprint density at radius 1 is 1.14 bits per heavy atom. The summed E-state index contributed by atoms with van der Waals surface area (Å²) in [4.78, 5) is 0. The van der Waals surface area contributed by atoms with Crippen molar-refractivity contribution < 1.29 is 40.9 Å². The molecule has 119 valence electrons. The minimum atomic E-state index is -1.53. The van der Waals surface area contributed by atoms with Crippen LogP contribution in [-0.4, -0.2) is 8.32 Å². The van der Waals surface area contributed by atoms with Crippen molar-refractivity contribution in [3.05, 3.63) is 18.8 Å². The van der Waals surface area contributed by atoms with Crippen LogP contribution in [0.25, 0.3) is 0 Å². The maximum Gasteiger partial charge on any atom is 0.186 e. The summed E-state index contributed by atoms with van der Waals surface area (Å²) in [5, 5.41) is 0. The first-order valence-corrected chi connectivity index (χ1v) is 11.0. The molecule has 0 bridgehead atoms. The standard InChI is InChI=1S/C17H31OSi.BrH.Zn/c1-6-8-10-11-12-14-16-17(15-13-9-7-2)18-19(3,4)5;;/h7H,2,6,8-13,15H2,1,3-5H3;1H;/p-1. The second kappa shape index (κ2) is 16.9. The van der Waals surface area contributed by atoms with Crippen LogP contribution in [0.15, 0.2) is 12.7 Å². The summed E-state index contributed by atoms with van der Waals surface area (Å²) in [7, 11) is -1.53. The Morgan fingerprint density at radius 3 is 2.33 bits per heavy atom. The molecule has 4 heteroatoms. The van der Waals surface area contributed by atoms with Crippen LogP contribution < -0.4 is 17.0 Å². The Bertz CT molecular complexity index is 291. The third-order valence-corrected chi connectivity index (χ3v) is 3.48. The molecule has 0 aromatic heterocycles. The summed E-state index contributed by atoms with van der Waals surface area (Å²) in [5.41, 5.74) is 0. The van der Waals surface area contributed by atoms with Crippen molar-refractivity contribution >= 4 is 8.32 Å². The van der Waals surface area contributed by atoms with E-state index in [9.17, 15) is 0 Å². The van der Waals surface area contributed by atoms with E-state index in [1.54, 1.807) is 0 Å². The zero-order valence-electron chi connectivity index (χ0n) is 14.4. The summed E-state index contributed by atoms with van der Waals surface area (Å²) < 4.78 is 6.06. The number of allylic oxidation sites excluding steroid dienone is 1. The van der Waals surface area contributed by atoms with E-state index < -0.39 is 8.32 Å². The van der Waals surface area contributed by atoms with Crippen molar-refractivity contribution in [2.24, 2.45) is 0 Å². The second-order valence-electron chi connectivity index (χ2n) is 5.93. The minimum absolute atomic E-state index is 0. The maximum absolute atomic E-state index is 6.06. The number of unbranched alkanes of at least 4 members (excludes halogenated alkanes) is 5. The molecule has 0 amide bonds. The summed E-state index contributed by atoms with van der Waals surface area (Å²) in [6.07, 6.45) is 12.2. The van der Waals surface area contributed by atoms with Gasteiger partial charge in [-0.2, -0.15) is 0 Å². The van der Waals surface area contributed by atoms with Gasteiger partial charge in [-0.15, -0.1) is 12.5 Å². The SMILES string of the molecule is C=CCCC[C](C#CCCCCCC)O[Si](C)(C)C.[Br-].[Zn]. The number of hydrogen-bond acceptors (Lipinski definition) is 1. The van der Waals surface area contributed by atoms with Gasteiger partial charge in [0, 0.05) is 25.9 Å². The van der Waals surface area contributed by atoms with Gasteiger partial charge in [-0.25, -0.2) is 0 Å². The van der Waals surface area contributed by atoms with Crippen LogP contribution in [-0.2, 0) is 23.9 Å². The Labute approximate surface area is 157 Å². The fourth-order valence-electron chi connectivity index (χ4n) is 1.72. The van der Waals surface area contributed by atoms with Gasteiger partial charge in [0.05, 0.1) is 0 Å². The average Bonchev–Trinajstić information content (AvgIpc) is 2.31. The Morgan fingerprint density at radius 2 is 1.81 bits per heavy atom. The fourth-order valence-corrected chi connectivity index (χ4v) is 2.61. The van der Waals surface area contributed by atoms with Crippen LogP contribution in [0.1, 0.15) is 58.3 Å². The summed E-state index contributed by atoms with van der Waals surface area (Å²) in [6, 6.07) is 0. The molecule has 0 unspecified atom stereocenters. The van der Waals surface area contributed by atoms with Gasteiger partial charge in [-0.1, -0.05) is 38.2 Å². The van der Waals surface area contributed by atoms with E-state index in [0.29, 0.717) is 0 Å². The van der Waals surface area contributed by atoms with Crippen molar-refractivity contribution in [3.63, 3.8) is 0 Å². The molecule has 0 N–H and O–H groups in total. The topological polar surface area (TPSA) is 9.23 Å². The van der Waals surface area contributed by atoms with Crippen LogP contribution in [0.2, 0.25) is 19.6 Å². The van der Waals surface area contributed by atoms with Crippen LogP contribution in [0, 0.1) is 17.9 Å². The molecule has 0 aromatic carbocycles. The molecule has 0 rings (SSSR count). The quantitative estimate of drug-likeness (QED) is 0.227. The van der Waals surface area contributed by atoms with Crippen LogP contribution >= 0.6 is 0 Å². The van der Waals surface area contributed by atoms with Crippen molar-refractivity contribution in [1.29, 1.82) is 0 Å². The van der Waals surface area contributed by atoms with Crippen LogP contribution in [0.3, 0.4) is 0 Å². The van der Waals surface area contributed by atoms with E-state index >= 15 is 0 Å². The van der Waals surface area contributed by atoms with Crippen molar-refractivity contribution in [2.75, 3.05) is 0 Å². The van der Waals surface area contributed by atoms with E-state index in [1.807, 2.05) is 6.08 Å². The van der Waals surface area contributed by atoms with Crippen LogP contribution in [0.4, 0.5) is 0 Å². The zero-order valence-corrected chi connectivity index (χ0v) is 20.0. The van der Waals surface area contributed by atoms with Gasteiger partial charge in [-0.05, 0) is 45.3 Å². The molecule has 0 aliphatic rings. The van der Waals surface area contributed by atoms with E-state index in [2.05, 4.69) is 45.0 Å². The first-order chi connectivity index (χ1) is 8.99. The van der Waals surface area contributed by atoms with Gasteiger partial charge in [0.15, 0.2) is 14.4 Å². The average molecular weight is 425 g/mol. The molecular weight excluding hydrogens is 394 g/mol. The van der Waals surface area contributed by atoms with E-state index in [1.165, 1.54) is 25.7 Å². The third-order valence-electron chi connectivity index (χ3n) is 2.62. The molecule has 21 heavy (non-hydrogen) atoms. The van der Waals surface area contributed by atoms with Gasteiger partial charge >= 0.3 is 0 Å². The Hall–Kier alpha value is 0.580. The van der Waals surface area contributed by atoms with Gasteiger partial charge in [0.1, 0.15) is 0 Å². The molecule has 1 nitrogen and oxygen atoms in total. The molecule has 1 radical (unpaired) electrons. The molecule has 0 heterocycles. The molecule has 0 aromatic rings. The number of hydrogen-bond donors (Lipinski definition) is 0. The molecule has 0 saturated heterocycles. The number of halogens is 1. The molecule has 0 aliphatic heterocycles. The maximum atomic E-state index is 6.06. The van der Waals surface area contributed by atoms with Gasteiger partial charge < -0.3 is 21.4 Å². The van der Waals surface area contributed by atoms with Crippen molar-refractivity contribution in [3.8, 4) is 11.8 Å². The van der Waals surface area contributed by atoms with Gasteiger partial charge in [-0.3, -0.25) is 0 Å². The molecule has 0 saturated carbocycles. The zero-order chi connectivity index (χ0) is 14.6. The van der Waals surface area contributed by atoms with E-state index in [-0.39, 0.29) is 36.5 Å². The van der Waals surface area contributed by atoms with Gasteiger partial charge in [0.2, 0.25) is 0 Å². The minimum Gasteiger partial charge on any atom is -1.00 e. The normalized spacial score (nSPS) is 10.1. The monoisotopic (exact) mass is 422 g/mol. The van der Waals surface area contributed by atoms with Crippen molar-refractivity contribution in [1.82, 2.24) is 0 Å². The molecule has 0 fully saturated rings. The Balaban J connectivity index is -0.00000162. The number of rotatable bonds is 10. The summed E-state index contributed by atoms with van der Waals surface area (Å²) in [5.74, 6) is 6.54. The third kappa shape index (κ3) is 20.6. The smallest absolute Gasteiger partial charge is 0.186 e. The molecule has 0 spiro atoms. The second-order valence-corrected chi connectivity index (χ2v) is 10.4. The molecular formula is C17H31BrOSiZn-. The van der Waals surface area contributed by atoms with Gasteiger partial charge in [0.25, 0.3) is 0 Å². The first kappa shape index (κ1) is 26.5. The van der Waals surface area contributed by atoms with E-state index in [0.717, 1.165) is 31.8 Å². The predicted molar refractivity (Wildman–Crippen MR) is 88.3 cm³/mol. The Kier molecular flexibility index (Phi) is 21.4. The van der Waals surface area contributed by atoms with Crippen LogP contribution in [0.5, 0.6) is 0 Å². The van der Waals surface area contributed by atoms with E-state index in [4.69, 9.17) is 4.43 Å². The molecule has 0 aliphatic carbocycles. The summed E-state index contributed by atoms with van der Waals surface area (Å²) >= 11 is 0. The largest absolute Gasteiger partial charge is 1.00 e. The summed E-state index contributed by atoms with van der Waals surface area (Å²) in [6.45, 7) is 12.6.